The molecule has 0 radical (unpaired) electrons. The van der Waals surface area contributed by atoms with E-state index in [1.165, 1.54) is 65.2 Å². The van der Waals surface area contributed by atoms with Crippen molar-refractivity contribution in [1.29, 1.82) is 0 Å². The molecule has 0 aliphatic carbocycles. The zero-order valence-electron chi connectivity index (χ0n) is 30.5. The molecule has 0 amide bonds. The molecule has 6 aromatic carbocycles. The van der Waals surface area contributed by atoms with Gasteiger partial charge in [0.15, 0.2) is 0 Å². The van der Waals surface area contributed by atoms with Crippen LogP contribution in [0.3, 0.4) is 0 Å². The van der Waals surface area contributed by atoms with Crippen LogP contribution in [0.1, 0.15) is 33.4 Å². The van der Waals surface area contributed by atoms with E-state index in [0.29, 0.717) is 0 Å². The van der Waals surface area contributed by atoms with Crippen LogP contribution in [0, 0.1) is 41.5 Å². The zero-order chi connectivity index (χ0) is 37.1. The number of aryl methyl sites for hydroxylation is 6. The second-order valence-corrected chi connectivity index (χ2v) is 16.1. The van der Waals surface area contributed by atoms with Gasteiger partial charge in [0.05, 0.1) is 0 Å². The molecule has 6 aromatic rings. The zero-order valence-corrected chi connectivity index (χ0v) is 33.3. The molecule has 0 saturated heterocycles. The molecule has 0 heterocycles. The molecule has 0 N–H and O–H groups in total. The van der Waals surface area contributed by atoms with Crippen molar-refractivity contribution in [3.05, 3.63) is 179 Å². The monoisotopic (exact) mass is 754 g/mol. The Kier molecular flexibility index (Phi) is 21.0. The number of hydrogen-bond acceptors (Lipinski definition) is 3. The summed E-state index contributed by atoms with van der Waals surface area (Å²) in [5.41, 5.74) is 7.87. The van der Waals surface area contributed by atoms with Crippen molar-refractivity contribution in [3.63, 3.8) is 0 Å². The summed E-state index contributed by atoms with van der Waals surface area (Å²) in [6.07, 6.45) is 0. The standard InChI is InChI=1S/2C21H21P.3CH2O.Fe/c2*1-16-4-10-19(11-5-16)22(20-12-6-17(2)7-13-20)21-14-8-18(3)9-15-21;3*1-2;/h2*4-15H,1-3H3;3*1H2;. The van der Waals surface area contributed by atoms with Gasteiger partial charge in [-0.15, -0.1) is 0 Å². The number of carbonyl (C=O) groups is 3. The van der Waals surface area contributed by atoms with Crippen LogP contribution in [-0.2, 0) is 31.5 Å². The van der Waals surface area contributed by atoms with Gasteiger partial charge in [-0.3, -0.25) is 0 Å². The molecule has 51 heavy (non-hydrogen) atoms. The van der Waals surface area contributed by atoms with Crippen molar-refractivity contribution < 1.29 is 31.5 Å². The number of carbonyl (C=O) groups excluding carboxylic acids is 3. The Morgan fingerprint density at radius 3 is 0.451 bits per heavy atom. The minimum atomic E-state index is -0.483. The predicted molar refractivity (Wildman–Crippen MR) is 220 cm³/mol. The molecule has 0 aliphatic rings. The summed E-state index contributed by atoms with van der Waals surface area (Å²) < 4.78 is 0. The first-order chi connectivity index (χ1) is 24.3. The molecule has 0 saturated carbocycles. The van der Waals surface area contributed by atoms with Crippen molar-refractivity contribution >= 4 is 68.0 Å². The first kappa shape index (κ1) is 44.7. The topological polar surface area (TPSA) is 51.2 Å². The van der Waals surface area contributed by atoms with Crippen LogP contribution in [0.15, 0.2) is 146 Å². The van der Waals surface area contributed by atoms with Gasteiger partial charge in [0.25, 0.3) is 0 Å². The summed E-state index contributed by atoms with van der Waals surface area (Å²) >= 11 is 0. The van der Waals surface area contributed by atoms with E-state index in [4.69, 9.17) is 14.4 Å². The normalized spacial score (nSPS) is 9.65. The molecule has 0 atom stereocenters. The van der Waals surface area contributed by atoms with E-state index >= 15 is 0 Å². The Labute approximate surface area is 318 Å². The van der Waals surface area contributed by atoms with E-state index in [9.17, 15) is 0 Å². The van der Waals surface area contributed by atoms with Crippen LogP contribution in [-0.4, -0.2) is 20.4 Å². The minimum Gasteiger partial charge on any atom is -0.307 e. The number of hydrogen-bond donors (Lipinski definition) is 0. The van der Waals surface area contributed by atoms with E-state index in [0.717, 1.165) is 0 Å². The fraction of sp³-hybridized carbons (Fsp3) is 0.133. The van der Waals surface area contributed by atoms with E-state index in [1.54, 1.807) is 0 Å². The Morgan fingerprint density at radius 1 is 0.255 bits per heavy atom. The van der Waals surface area contributed by atoms with E-state index in [2.05, 4.69) is 187 Å². The maximum atomic E-state index is 8.00. The molecular formula is C45H48FeO3P2. The van der Waals surface area contributed by atoms with Gasteiger partial charge in [-0.05, 0) is 89.2 Å². The van der Waals surface area contributed by atoms with Crippen LogP contribution < -0.4 is 31.8 Å². The third-order valence-electron chi connectivity index (χ3n) is 7.75. The molecule has 0 bridgehead atoms. The maximum Gasteiger partial charge on any atom is 0.106 e. The molecule has 6 rings (SSSR count). The fourth-order valence-electron chi connectivity index (χ4n) is 5.06. The van der Waals surface area contributed by atoms with E-state index in [1.807, 2.05) is 20.4 Å². The summed E-state index contributed by atoms with van der Waals surface area (Å²) in [4.78, 5) is 24.0. The molecule has 0 unspecified atom stereocenters. The SMILES string of the molecule is C=O.C=O.C=O.Cc1ccc(P(c2ccc(C)cc2)c2ccc(C)cc2)cc1.Cc1ccc(P(c2ccc(C)cc2)c2ccc(C)cc2)cc1.[Fe]. The van der Waals surface area contributed by atoms with Gasteiger partial charge in [-0.2, -0.15) is 0 Å². The van der Waals surface area contributed by atoms with Gasteiger partial charge in [-0.25, -0.2) is 0 Å². The van der Waals surface area contributed by atoms with Crippen molar-refractivity contribution in [2.75, 3.05) is 0 Å². The summed E-state index contributed by atoms with van der Waals surface area (Å²) in [7, 11) is -0.966. The van der Waals surface area contributed by atoms with Gasteiger partial charge < -0.3 is 14.4 Å². The largest absolute Gasteiger partial charge is 0.307 e. The first-order valence-corrected chi connectivity index (χ1v) is 18.8. The van der Waals surface area contributed by atoms with Crippen LogP contribution in [0.2, 0.25) is 0 Å². The third kappa shape index (κ3) is 13.7. The van der Waals surface area contributed by atoms with Crippen LogP contribution in [0.25, 0.3) is 0 Å². The van der Waals surface area contributed by atoms with Gasteiger partial charge in [0.2, 0.25) is 0 Å². The molecule has 0 aromatic heterocycles. The average molecular weight is 755 g/mol. The molecule has 6 heteroatoms. The quantitative estimate of drug-likeness (QED) is 0.127. The first-order valence-electron chi connectivity index (χ1n) is 16.1. The van der Waals surface area contributed by atoms with Crippen molar-refractivity contribution in [3.8, 4) is 0 Å². The molecule has 0 aliphatic heterocycles. The molecule has 264 valence electrons. The van der Waals surface area contributed by atoms with Crippen LogP contribution >= 0.6 is 15.8 Å². The minimum absolute atomic E-state index is 0. The summed E-state index contributed by atoms with van der Waals surface area (Å²) in [5.74, 6) is 0. The Bertz CT molecular complexity index is 1470. The number of benzene rings is 6. The van der Waals surface area contributed by atoms with Crippen molar-refractivity contribution in [2.45, 2.75) is 41.5 Å². The second-order valence-electron chi connectivity index (χ2n) is 11.7. The van der Waals surface area contributed by atoms with E-state index in [-0.39, 0.29) is 17.1 Å². The Hall–Kier alpha value is -4.29. The van der Waals surface area contributed by atoms with Gasteiger partial charge in [-0.1, -0.05) is 179 Å². The molecule has 0 fully saturated rings. The fourth-order valence-corrected chi connectivity index (χ4v) is 9.53. The molecule has 3 nitrogen and oxygen atoms in total. The predicted octanol–water partition coefficient (Wildman–Crippen LogP) is 8.18. The number of rotatable bonds is 6. The van der Waals surface area contributed by atoms with Gasteiger partial charge >= 0.3 is 0 Å². The Morgan fingerprint density at radius 2 is 0.353 bits per heavy atom. The smallest absolute Gasteiger partial charge is 0.106 e. The maximum absolute atomic E-state index is 8.00. The van der Waals surface area contributed by atoms with Crippen molar-refractivity contribution in [1.82, 2.24) is 0 Å². The molecular weight excluding hydrogens is 706 g/mol. The van der Waals surface area contributed by atoms with Gasteiger partial charge in [0.1, 0.15) is 20.4 Å². The summed E-state index contributed by atoms with van der Waals surface area (Å²) in [6.45, 7) is 18.9. The Balaban J connectivity index is 0.000000438. The summed E-state index contributed by atoms with van der Waals surface area (Å²) in [6, 6.07) is 53.9. The van der Waals surface area contributed by atoms with Gasteiger partial charge in [0, 0.05) is 17.1 Å². The van der Waals surface area contributed by atoms with Crippen LogP contribution in [0.5, 0.6) is 0 Å². The third-order valence-corrected chi connectivity index (χ3v) is 12.6. The van der Waals surface area contributed by atoms with E-state index < -0.39 is 15.8 Å². The average Bonchev–Trinajstić information content (AvgIpc) is 3.16. The van der Waals surface area contributed by atoms with Crippen molar-refractivity contribution in [2.24, 2.45) is 0 Å². The summed E-state index contributed by atoms with van der Waals surface area (Å²) in [5, 5.41) is 8.46. The molecule has 0 spiro atoms. The second kappa shape index (κ2) is 24.0. The van der Waals surface area contributed by atoms with Crippen LogP contribution in [0.4, 0.5) is 0 Å².